The number of ketones is 2. The topological polar surface area (TPSA) is 34.1 Å². The van der Waals surface area contributed by atoms with Crippen LogP contribution in [0.3, 0.4) is 0 Å². The Morgan fingerprint density at radius 3 is 2.33 bits per heavy atom. The second kappa shape index (κ2) is 5.44. The van der Waals surface area contributed by atoms with Gasteiger partial charge in [-0.3, -0.25) is 9.59 Å². The summed E-state index contributed by atoms with van der Waals surface area (Å²) in [6, 6.07) is 9.86. The lowest BCUT2D eigenvalue weighted by Crippen LogP contribution is -2.16. The summed E-state index contributed by atoms with van der Waals surface area (Å²) < 4.78 is 0. The molecule has 0 aliphatic heterocycles. The Bertz CT molecular complexity index is 341. The quantitative estimate of drug-likeness (QED) is 0.690. The Morgan fingerprint density at radius 2 is 1.80 bits per heavy atom. The van der Waals surface area contributed by atoms with Gasteiger partial charge < -0.3 is 0 Å². The molecule has 0 spiro atoms. The van der Waals surface area contributed by atoms with Gasteiger partial charge in [0, 0.05) is 5.92 Å². The fourth-order valence-electron chi connectivity index (χ4n) is 1.50. The number of carbonyl (C=O) groups is 2. The Hall–Kier alpha value is -1.44. The van der Waals surface area contributed by atoms with Gasteiger partial charge in [-0.2, -0.15) is 0 Å². The Labute approximate surface area is 90.3 Å². The van der Waals surface area contributed by atoms with E-state index in [-0.39, 0.29) is 23.9 Å². The van der Waals surface area contributed by atoms with Gasteiger partial charge in [0.1, 0.15) is 11.6 Å². The van der Waals surface area contributed by atoms with E-state index in [1.807, 2.05) is 37.3 Å². The standard InChI is InChI=1S/C13H16O2/c1-10(13(15)9-11(2)14)8-12-6-4-3-5-7-12/h3-7,10H,8-9H2,1-2H3. The molecule has 0 heterocycles. The van der Waals surface area contributed by atoms with Crippen molar-refractivity contribution in [2.45, 2.75) is 26.7 Å². The van der Waals surface area contributed by atoms with Crippen LogP contribution in [0.1, 0.15) is 25.8 Å². The highest BCUT2D eigenvalue weighted by molar-refractivity contribution is 5.98. The van der Waals surface area contributed by atoms with E-state index in [0.29, 0.717) is 6.42 Å². The maximum atomic E-state index is 11.5. The molecule has 1 aromatic rings. The molecule has 0 saturated heterocycles. The summed E-state index contributed by atoms with van der Waals surface area (Å²) in [5.41, 5.74) is 1.14. The van der Waals surface area contributed by atoms with E-state index >= 15 is 0 Å². The van der Waals surface area contributed by atoms with Gasteiger partial charge in [0.15, 0.2) is 0 Å². The Morgan fingerprint density at radius 1 is 1.20 bits per heavy atom. The fraction of sp³-hybridized carbons (Fsp3) is 0.385. The van der Waals surface area contributed by atoms with Crippen LogP contribution in [0.2, 0.25) is 0 Å². The van der Waals surface area contributed by atoms with Gasteiger partial charge in [0.25, 0.3) is 0 Å². The highest BCUT2D eigenvalue weighted by atomic mass is 16.1. The lowest BCUT2D eigenvalue weighted by atomic mass is 9.95. The zero-order valence-corrected chi connectivity index (χ0v) is 9.19. The molecule has 1 unspecified atom stereocenters. The molecule has 1 atom stereocenters. The fourth-order valence-corrected chi connectivity index (χ4v) is 1.50. The highest BCUT2D eigenvalue weighted by Gasteiger charge is 2.14. The number of hydrogen-bond acceptors (Lipinski definition) is 2. The molecule has 0 bridgehead atoms. The van der Waals surface area contributed by atoms with Crippen molar-refractivity contribution in [3.05, 3.63) is 35.9 Å². The summed E-state index contributed by atoms with van der Waals surface area (Å²) >= 11 is 0. The number of benzene rings is 1. The van der Waals surface area contributed by atoms with Crippen molar-refractivity contribution in [2.24, 2.45) is 5.92 Å². The highest BCUT2D eigenvalue weighted by Crippen LogP contribution is 2.10. The van der Waals surface area contributed by atoms with Gasteiger partial charge in [-0.1, -0.05) is 37.3 Å². The van der Waals surface area contributed by atoms with Crippen molar-refractivity contribution in [3.8, 4) is 0 Å². The molecule has 2 heteroatoms. The van der Waals surface area contributed by atoms with Gasteiger partial charge in [-0.05, 0) is 18.9 Å². The van der Waals surface area contributed by atoms with Crippen molar-refractivity contribution < 1.29 is 9.59 Å². The van der Waals surface area contributed by atoms with Crippen LogP contribution in [0, 0.1) is 5.92 Å². The summed E-state index contributed by atoms with van der Waals surface area (Å²) in [4.78, 5) is 22.3. The normalized spacial score (nSPS) is 12.1. The molecule has 0 aliphatic rings. The average Bonchev–Trinajstić information content (AvgIpc) is 2.18. The molecule has 15 heavy (non-hydrogen) atoms. The molecule has 2 nitrogen and oxygen atoms in total. The van der Waals surface area contributed by atoms with Crippen LogP contribution >= 0.6 is 0 Å². The van der Waals surface area contributed by atoms with Crippen LogP contribution in [-0.2, 0) is 16.0 Å². The lowest BCUT2D eigenvalue weighted by molar-refractivity contribution is -0.128. The molecule has 80 valence electrons. The van der Waals surface area contributed by atoms with Gasteiger partial charge in [-0.25, -0.2) is 0 Å². The summed E-state index contributed by atoms with van der Waals surface area (Å²) in [7, 11) is 0. The predicted molar refractivity (Wildman–Crippen MR) is 59.6 cm³/mol. The third-order valence-corrected chi connectivity index (χ3v) is 2.36. The number of Topliss-reactive ketones (excluding diaryl/α,β-unsaturated/α-hetero) is 2. The van der Waals surface area contributed by atoms with Gasteiger partial charge in [-0.15, -0.1) is 0 Å². The van der Waals surface area contributed by atoms with E-state index in [1.165, 1.54) is 6.92 Å². The molecule has 1 aromatic carbocycles. The lowest BCUT2D eigenvalue weighted by Gasteiger charge is -2.08. The van der Waals surface area contributed by atoms with Crippen molar-refractivity contribution in [1.29, 1.82) is 0 Å². The van der Waals surface area contributed by atoms with E-state index < -0.39 is 0 Å². The minimum atomic E-state index is -0.0729. The van der Waals surface area contributed by atoms with Gasteiger partial charge in [0.05, 0.1) is 6.42 Å². The summed E-state index contributed by atoms with van der Waals surface area (Å²) in [6.45, 7) is 3.32. The first kappa shape index (κ1) is 11.6. The summed E-state index contributed by atoms with van der Waals surface area (Å²) in [5, 5.41) is 0. The van der Waals surface area contributed by atoms with Crippen molar-refractivity contribution in [3.63, 3.8) is 0 Å². The number of hydrogen-bond donors (Lipinski definition) is 0. The van der Waals surface area contributed by atoms with Crippen LogP contribution in [0.5, 0.6) is 0 Å². The van der Waals surface area contributed by atoms with Crippen LogP contribution in [0.15, 0.2) is 30.3 Å². The molecular formula is C13H16O2. The van der Waals surface area contributed by atoms with Crippen LogP contribution in [0.25, 0.3) is 0 Å². The molecular weight excluding hydrogens is 188 g/mol. The largest absolute Gasteiger partial charge is 0.300 e. The molecule has 0 aromatic heterocycles. The molecule has 0 fully saturated rings. The van der Waals surface area contributed by atoms with E-state index in [1.54, 1.807) is 0 Å². The Balaban J connectivity index is 2.52. The van der Waals surface area contributed by atoms with Crippen molar-refractivity contribution in [1.82, 2.24) is 0 Å². The van der Waals surface area contributed by atoms with Crippen LogP contribution in [-0.4, -0.2) is 11.6 Å². The monoisotopic (exact) mass is 204 g/mol. The molecule has 0 N–H and O–H groups in total. The molecule has 0 saturated carbocycles. The van der Waals surface area contributed by atoms with E-state index in [0.717, 1.165) is 5.56 Å². The second-order valence-corrected chi connectivity index (χ2v) is 3.94. The second-order valence-electron chi connectivity index (χ2n) is 3.94. The van der Waals surface area contributed by atoms with E-state index in [2.05, 4.69) is 0 Å². The van der Waals surface area contributed by atoms with E-state index in [9.17, 15) is 9.59 Å². The summed E-state index contributed by atoms with van der Waals surface area (Å²) in [5.74, 6) is -0.0948. The first-order valence-electron chi connectivity index (χ1n) is 5.15. The maximum absolute atomic E-state index is 11.5. The van der Waals surface area contributed by atoms with Crippen molar-refractivity contribution in [2.75, 3.05) is 0 Å². The van der Waals surface area contributed by atoms with Gasteiger partial charge in [0.2, 0.25) is 0 Å². The zero-order chi connectivity index (χ0) is 11.3. The first-order valence-corrected chi connectivity index (χ1v) is 5.15. The molecule has 0 radical (unpaired) electrons. The molecule has 0 aliphatic carbocycles. The maximum Gasteiger partial charge on any atom is 0.143 e. The minimum Gasteiger partial charge on any atom is -0.300 e. The average molecular weight is 204 g/mol. The molecule has 0 amide bonds. The minimum absolute atomic E-state index is 0.0337. The van der Waals surface area contributed by atoms with Crippen LogP contribution < -0.4 is 0 Å². The first-order chi connectivity index (χ1) is 7.09. The smallest absolute Gasteiger partial charge is 0.143 e. The summed E-state index contributed by atoms with van der Waals surface area (Å²) in [6.07, 6.45) is 0.779. The third-order valence-electron chi connectivity index (χ3n) is 2.36. The Kier molecular flexibility index (Phi) is 4.22. The SMILES string of the molecule is CC(=O)CC(=O)C(C)Cc1ccccc1. The number of rotatable bonds is 5. The van der Waals surface area contributed by atoms with Crippen molar-refractivity contribution >= 4 is 11.6 Å². The van der Waals surface area contributed by atoms with Crippen LogP contribution in [0.4, 0.5) is 0 Å². The predicted octanol–water partition coefficient (Wildman–Crippen LogP) is 2.41. The zero-order valence-electron chi connectivity index (χ0n) is 9.19. The van der Waals surface area contributed by atoms with E-state index in [4.69, 9.17) is 0 Å². The number of carbonyl (C=O) groups excluding carboxylic acids is 2. The molecule has 1 rings (SSSR count). The van der Waals surface area contributed by atoms with Gasteiger partial charge >= 0.3 is 0 Å². The third kappa shape index (κ3) is 4.07.